The molecule has 0 bridgehead atoms. The van der Waals surface area contributed by atoms with Crippen molar-refractivity contribution in [3.8, 4) is 0 Å². The van der Waals surface area contributed by atoms with Crippen molar-refractivity contribution in [2.24, 2.45) is 5.41 Å². The van der Waals surface area contributed by atoms with Gasteiger partial charge < -0.3 is 5.32 Å². The molecule has 1 amide bonds. The van der Waals surface area contributed by atoms with Gasteiger partial charge in [-0.15, -0.1) is 0 Å². The van der Waals surface area contributed by atoms with Gasteiger partial charge in [0, 0.05) is 18.5 Å². The third kappa shape index (κ3) is 3.95. The molecule has 6 heteroatoms. The summed E-state index contributed by atoms with van der Waals surface area (Å²) in [5.74, 6) is 0.543. The van der Waals surface area contributed by atoms with E-state index in [1.807, 2.05) is 30.3 Å². The molecule has 2 aromatic rings. The SMILES string of the molecule is O=C1NCC(c2ccc(Cl)c(Cl)c2)C12CCN([C@@H]1CCCC[C@@H]1c1ccc(F)cc1)CC2. The molecule has 1 spiro atoms. The molecule has 1 aliphatic carbocycles. The summed E-state index contributed by atoms with van der Waals surface area (Å²) in [5.41, 5.74) is 1.95. The van der Waals surface area contributed by atoms with Crippen LogP contribution in [0.4, 0.5) is 4.39 Å². The van der Waals surface area contributed by atoms with E-state index >= 15 is 0 Å². The highest BCUT2D eigenvalue weighted by Crippen LogP contribution is 2.49. The first kappa shape index (κ1) is 22.2. The zero-order valence-electron chi connectivity index (χ0n) is 18.1. The predicted octanol–water partition coefficient (Wildman–Crippen LogP) is 6.15. The first-order valence-electron chi connectivity index (χ1n) is 11.7. The third-order valence-electron chi connectivity index (χ3n) is 8.12. The van der Waals surface area contributed by atoms with Gasteiger partial charge in [-0.1, -0.05) is 54.2 Å². The van der Waals surface area contributed by atoms with E-state index in [1.165, 1.54) is 18.4 Å². The van der Waals surface area contributed by atoms with Gasteiger partial charge in [0.2, 0.25) is 5.91 Å². The highest BCUT2D eigenvalue weighted by Gasteiger charge is 2.52. The van der Waals surface area contributed by atoms with Crippen LogP contribution in [0.25, 0.3) is 0 Å². The monoisotopic (exact) mass is 474 g/mol. The summed E-state index contributed by atoms with van der Waals surface area (Å²) in [6, 6.07) is 13.3. The fourth-order valence-corrected chi connectivity index (χ4v) is 6.67. The van der Waals surface area contributed by atoms with Gasteiger partial charge in [-0.05, 0) is 80.1 Å². The number of carbonyl (C=O) groups excluding carboxylic acids is 1. The van der Waals surface area contributed by atoms with Crippen LogP contribution >= 0.6 is 23.2 Å². The molecular formula is C26H29Cl2FN2O. The largest absolute Gasteiger partial charge is 0.355 e. The van der Waals surface area contributed by atoms with Gasteiger partial charge in [-0.3, -0.25) is 9.69 Å². The Kier molecular flexibility index (Phi) is 6.21. The number of amides is 1. The smallest absolute Gasteiger partial charge is 0.227 e. The molecule has 3 nitrogen and oxygen atoms in total. The minimum Gasteiger partial charge on any atom is -0.355 e. The number of hydrogen-bond donors (Lipinski definition) is 1. The summed E-state index contributed by atoms with van der Waals surface area (Å²) >= 11 is 12.4. The molecule has 2 heterocycles. The van der Waals surface area contributed by atoms with Crippen LogP contribution in [-0.4, -0.2) is 36.5 Å². The minimum absolute atomic E-state index is 0.117. The molecule has 0 aromatic heterocycles. The molecule has 1 N–H and O–H groups in total. The molecule has 1 unspecified atom stereocenters. The zero-order valence-corrected chi connectivity index (χ0v) is 19.6. The van der Waals surface area contributed by atoms with Crippen LogP contribution < -0.4 is 5.32 Å². The second kappa shape index (κ2) is 8.96. The zero-order chi connectivity index (χ0) is 22.3. The quantitative estimate of drug-likeness (QED) is 0.577. The average Bonchev–Trinajstić information content (AvgIpc) is 3.12. The number of carbonyl (C=O) groups is 1. The Morgan fingerprint density at radius 2 is 1.62 bits per heavy atom. The van der Waals surface area contributed by atoms with Crippen molar-refractivity contribution in [1.82, 2.24) is 10.2 Å². The lowest BCUT2D eigenvalue weighted by Gasteiger charge is -2.47. The van der Waals surface area contributed by atoms with Crippen LogP contribution in [0.2, 0.25) is 10.0 Å². The molecule has 5 rings (SSSR count). The number of likely N-dealkylation sites (tertiary alicyclic amines) is 1. The number of hydrogen-bond acceptors (Lipinski definition) is 2. The Bertz CT molecular complexity index is 988. The molecule has 3 aliphatic rings. The van der Waals surface area contributed by atoms with E-state index in [2.05, 4.69) is 10.2 Å². The van der Waals surface area contributed by atoms with E-state index < -0.39 is 0 Å². The highest BCUT2D eigenvalue weighted by molar-refractivity contribution is 6.42. The van der Waals surface area contributed by atoms with E-state index in [4.69, 9.17) is 23.2 Å². The van der Waals surface area contributed by atoms with Crippen LogP contribution in [-0.2, 0) is 4.79 Å². The van der Waals surface area contributed by atoms with Gasteiger partial charge in [-0.2, -0.15) is 0 Å². The maximum atomic E-state index is 13.5. The molecule has 2 aliphatic heterocycles. The van der Waals surface area contributed by atoms with E-state index in [0.29, 0.717) is 28.5 Å². The summed E-state index contributed by atoms with van der Waals surface area (Å²) in [7, 11) is 0. The summed E-state index contributed by atoms with van der Waals surface area (Å²) in [6.07, 6.45) is 6.45. The lowest BCUT2D eigenvalue weighted by molar-refractivity contribution is -0.131. The summed E-state index contributed by atoms with van der Waals surface area (Å²) in [5, 5.41) is 4.21. The van der Waals surface area contributed by atoms with Crippen LogP contribution in [0.1, 0.15) is 61.5 Å². The van der Waals surface area contributed by atoms with E-state index in [-0.39, 0.29) is 23.1 Å². The van der Waals surface area contributed by atoms with Gasteiger partial charge in [0.1, 0.15) is 5.82 Å². The Balaban J connectivity index is 1.35. The molecular weight excluding hydrogens is 446 g/mol. The molecule has 1 saturated carbocycles. The standard InChI is InChI=1S/C26H29Cl2FN2O/c27-22-10-7-18(15-23(22)28)21-16-30-25(32)26(21)11-13-31(14-12-26)24-4-2-1-3-20(24)17-5-8-19(29)9-6-17/h5-10,15,20-21,24H,1-4,11-14,16H2,(H,30,32)/t20-,21?,24-/m1/s1. The lowest BCUT2D eigenvalue weighted by Crippen LogP contribution is -2.51. The average molecular weight is 475 g/mol. The minimum atomic E-state index is -0.381. The highest BCUT2D eigenvalue weighted by atomic mass is 35.5. The lowest BCUT2D eigenvalue weighted by atomic mass is 9.67. The summed E-state index contributed by atoms with van der Waals surface area (Å²) < 4.78 is 13.5. The fourth-order valence-electron chi connectivity index (χ4n) is 6.37. The van der Waals surface area contributed by atoms with Crippen LogP contribution in [0.3, 0.4) is 0 Å². The van der Waals surface area contributed by atoms with Crippen molar-refractivity contribution >= 4 is 29.1 Å². The van der Waals surface area contributed by atoms with Crippen molar-refractivity contribution in [3.05, 3.63) is 69.5 Å². The second-order valence-electron chi connectivity index (χ2n) is 9.64. The maximum absolute atomic E-state index is 13.5. The van der Waals surface area contributed by atoms with E-state index in [0.717, 1.165) is 44.3 Å². The van der Waals surface area contributed by atoms with Gasteiger partial charge in [0.05, 0.1) is 15.5 Å². The number of nitrogens with one attached hydrogen (secondary N) is 1. The number of rotatable bonds is 3. The first-order valence-corrected chi connectivity index (χ1v) is 12.5. The van der Waals surface area contributed by atoms with Gasteiger partial charge in [0.25, 0.3) is 0 Å². The van der Waals surface area contributed by atoms with E-state index in [9.17, 15) is 9.18 Å². The second-order valence-corrected chi connectivity index (χ2v) is 10.5. The Hall–Kier alpha value is -1.62. The molecule has 2 aromatic carbocycles. The fraction of sp³-hybridized carbons (Fsp3) is 0.500. The van der Waals surface area contributed by atoms with Gasteiger partial charge in [0.15, 0.2) is 0 Å². The van der Waals surface area contributed by atoms with E-state index in [1.54, 1.807) is 12.1 Å². The number of benzene rings is 2. The van der Waals surface area contributed by atoms with Crippen molar-refractivity contribution < 1.29 is 9.18 Å². The van der Waals surface area contributed by atoms with Crippen LogP contribution in [0.15, 0.2) is 42.5 Å². The number of piperidine rings is 1. The third-order valence-corrected chi connectivity index (χ3v) is 8.86. The Morgan fingerprint density at radius 3 is 2.34 bits per heavy atom. The molecule has 32 heavy (non-hydrogen) atoms. The predicted molar refractivity (Wildman–Crippen MR) is 127 cm³/mol. The molecule has 170 valence electrons. The van der Waals surface area contributed by atoms with Crippen molar-refractivity contribution in [3.63, 3.8) is 0 Å². The number of halogens is 3. The molecule has 3 atom stereocenters. The van der Waals surface area contributed by atoms with Crippen LogP contribution in [0, 0.1) is 11.2 Å². The van der Waals surface area contributed by atoms with Gasteiger partial charge in [-0.25, -0.2) is 4.39 Å². The summed E-state index contributed by atoms with van der Waals surface area (Å²) in [6.45, 7) is 2.47. The van der Waals surface area contributed by atoms with Crippen molar-refractivity contribution in [2.75, 3.05) is 19.6 Å². The Labute approximate surface area is 199 Å². The molecule has 2 saturated heterocycles. The van der Waals surface area contributed by atoms with Crippen molar-refractivity contribution in [2.45, 2.75) is 56.4 Å². The molecule has 3 fully saturated rings. The topological polar surface area (TPSA) is 32.3 Å². The number of nitrogens with zero attached hydrogens (tertiary/aromatic N) is 1. The van der Waals surface area contributed by atoms with Gasteiger partial charge >= 0.3 is 0 Å². The first-order chi connectivity index (χ1) is 15.5. The van der Waals surface area contributed by atoms with Crippen LogP contribution in [0.5, 0.6) is 0 Å². The molecule has 0 radical (unpaired) electrons. The van der Waals surface area contributed by atoms with Crippen molar-refractivity contribution in [1.29, 1.82) is 0 Å². The summed E-state index contributed by atoms with van der Waals surface area (Å²) in [4.78, 5) is 15.7. The maximum Gasteiger partial charge on any atom is 0.227 e. The Morgan fingerprint density at radius 1 is 0.938 bits per heavy atom. The normalized spacial score (nSPS) is 28.1.